The van der Waals surface area contributed by atoms with Crippen LogP contribution in [0.2, 0.25) is 0 Å². The highest BCUT2D eigenvalue weighted by atomic mass is 16.5. The molecule has 0 aliphatic rings. The molecule has 122 valence electrons. The lowest BCUT2D eigenvalue weighted by Gasteiger charge is -2.12. The van der Waals surface area contributed by atoms with Crippen LogP contribution in [0.3, 0.4) is 0 Å². The van der Waals surface area contributed by atoms with Crippen LogP contribution in [0.4, 0.5) is 0 Å². The minimum absolute atomic E-state index is 0.332. The summed E-state index contributed by atoms with van der Waals surface area (Å²) in [6.07, 6.45) is 0. The van der Waals surface area contributed by atoms with E-state index in [1.165, 1.54) is 0 Å². The standard InChI is InChI=1S/C22H16O3/c1-24-17-13-11-16(12-14-17)21-20(15-7-3-2-4-8-15)18-9-5-6-10-19(18)22(23)25-21/h2-14H,1H3. The van der Waals surface area contributed by atoms with Crippen molar-refractivity contribution in [2.45, 2.75) is 0 Å². The number of hydrogen-bond donors (Lipinski definition) is 0. The first-order valence-electron chi connectivity index (χ1n) is 8.03. The van der Waals surface area contributed by atoms with Crippen LogP contribution in [0.25, 0.3) is 33.2 Å². The Labute approximate surface area is 145 Å². The van der Waals surface area contributed by atoms with Gasteiger partial charge >= 0.3 is 5.63 Å². The molecule has 0 N–H and O–H groups in total. The summed E-state index contributed by atoms with van der Waals surface area (Å²) in [5.41, 5.74) is 2.43. The molecular weight excluding hydrogens is 312 g/mol. The van der Waals surface area contributed by atoms with Crippen molar-refractivity contribution in [3.05, 3.63) is 89.3 Å². The van der Waals surface area contributed by atoms with Gasteiger partial charge in [-0.1, -0.05) is 48.5 Å². The van der Waals surface area contributed by atoms with Crippen molar-refractivity contribution >= 4 is 10.8 Å². The zero-order chi connectivity index (χ0) is 17.2. The van der Waals surface area contributed by atoms with Gasteiger partial charge in [-0.15, -0.1) is 0 Å². The topological polar surface area (TPSA) is 39.4 Å². The molecule has 0 fully saturated rings. The van der Waals surface area contributed by atoms with Crippen molar-refractivity contribution in [2.24, 2.45) is 0 Å². The summed E-state index contributed by atoms with van der Waals surface area (Å²) in [5.74, 6) is 1.32. The van der Waals surface area contributed by atoms with E-state index in [0.717, 1.165) is 27.8 Å². The SMILES string of the molecule is COc1ccc(-c2oc(=O)c3ccccc3c2-c2ccccc2)cc1. The van der Waals surface area contributed by atoms with Gasteiger partial charge in [-0.25, -0.2) is 4.79 Å². The van der Waals surface area contributed by atoms with Crippen LogP contribution in [0.1, 0.15) is 0 Å². The summed E-state index contributed by atoms with van der Waals surface area (Å²) in [4.78, 5) is 12.5. The average molecular weight is 328 g/mol. The fourth-order valence-corrected chi connectivity index (χ4v) is 3.04. The highest BCUT2D eigenvalue weighted by Crippen LogP contribution is 2.36. The van der Waals surface area contributed by atoms with E-state index in [-0.39, 0.29) is 5.63 Å². The van der Waals surface area contributed by atoms with Crippen molar-refractivity contribution in [2.75, 3.05) is 7.11 Å². The molecular formula is C22H16O3. The maximum absolute atomic E-state index is 12.5. The molecule has 4 rings (SSSR count). The summed E-state index contributed by atoms with van der Waals surface area (Å²) >= 11 is 0. The molecule has 0 spiro atoms. The monoisotopic (exact) mass is 328 g/mol. The summed E-state index contributed by atoms with van der Waals surface area (Å²) in [5, 5.41) is 1.47. The van der Waals surface area contributed by atoms with Gasteiger partial charge in [0.05, 0.1) is 12.5 Å². The van der Waals surface area contributed by atoms with E-state index in [9.17, 15) is 4.79 Å². The summed E-state index contributed by atoms with van der Waals surface area (Å²) in [7, 11) is 1.63. The predicted molar refractivity (Wildman–Crippen MR) is 99.9 cm³/mol. The molecule has 0 aliphatic heterocycles. The molecule has 0 bridgehead atoms. The molecule has 3 aromatic carbocycles. The first-order valence-corrected chi connectivity index (χ1v) is 8.03. The molecule has 1 aromatic heterocycles. The Hall–Kier alpha value is -3.33. The van der Waals surface area contributed by atoms with Gasteiger partial charge in [0.25, 0.3) is 0 Å². The molecule has 0 radical (unpaired) electrons. The summed E-state index contributed by atoms with van der Waals surface area (Å²) < 4.78 is 11.0. The predicted octanol–water partition coefficient (Wildman–Crippen LogP) is 5.14. The third-order valence-electron chi connectivity index (χ3n) is 4.25. The van der Waals surface area contributed by atoms with E-state index in [2.05, 4.69) is 0 Å². The Morgan fingerprint density at radius 1 is 0.720 bits per heavy atom. The second-order valence-corrected chi connectivity index (χ2v) is 5.73. The van der Waals surface area contributed by atoms with E-state index in [1.54, 1.807) is 13.2 Å². The van der Waals surface area contributed by atoms with Crippen molar-refractivity contribution < 1.29 is 9.15 Å². The molecule has 1 heterocycles. The lowest BCUT2D eigenvalue weighted by atomic mass is 9.95. The second kappa shape index (κ2) is 6.29. The van der Waals surface area contributed by atoms with Gasteiger partial charge in [0.1, 0.15) is 11.5 Å². The normalized spacial score (nSPS) is 10.8. The van der Waals surface area contributed by atoms with E-state index < -0.39 is 0 Å². The Balaban J connectivity index is 2.07. The quantitative estimate of drug-likeness (QED) is 0.523. The van der Waals surface area contributed by atoms with Crippen LogP contribution in [0.15, 0.2) is 88.1 Å². The Morgan fingerprint density at radius 3 is 2.04 bits per heavy atom. The fourth-order valence-electron chi connectivity index (χ4n) is 3.04. The molecule has 3 nitrogen and oxygen atoms in total. The highest BCUT2D eigenvalue weighted by molar-refractivity contribution is 6.01. The van der Waals surface area contributed by atoms with Crippen LogP contribution in [-0.4, -0.2) is 7.11 Å². The summed E-state index contributed by atoms with van der Waals surface area (Å²) in [6, 6.07) is 25.0. The Kier molecular flexibility index (Phi) is 3.82. The number of ether oxygens (including phenoxy) is 1. The van der Waals surface area contributed by atoms with E-state index in [0.29, 0.717) is 11.1 Å². The molecule has 0 unspecified atom stereocenters. The van der Waals surface area contributed by atoms with Crippen LogP contribution in [-0.2, 0) is 0 Å². The first-order chi connectivity index (χ1) is 12.3. The third kappa shape index (κ3) is 2.70. The molecule has 0 atom stereocenters. The minimum atomic E-state index is -0.332. The van der Waals surface area contributed by atoms with E-state index in [4.69, 9.17) is 9.15 Å². The minimum Gasteiger partial charge on any atom is -0.497 e. The highest BCUT2D eigenvalue weighted by Gasteiger charge is 2.16. The number of rotatable bonds is 3. The van der Waals surface area contributed by atoms with Gasteiger partial charge in [0.15, 0.2) is 0 Å². The van der Waals surface area contributed by atoms with Crippen LogP contribution < -0.4 is 10.4 Å². The fraction of sp³-hybridized carbons (Fsp3) is 0.0455. The molecule has 0 amide bonds. The molecule has 0 saturated heterocycles. The van der Waals surface area contributed by atoms with Gasteiger partial charge in [-0.3, -0.25) is 0 Å². The first kappa shape index (κ1) is 15.2. The summed E-state index contributed by atoms with van der Waals surface area (Å²) in [6.45, 7) is 0. The zero-order valence-electron chi connectivity index (χ0n) is 13.7. The zero-order valence-corrected chi connectivity index (χ0v) is 13.7. The third-order valence-corrected chi connectivity index (χ3v) is 4.25. The average Bonchev–Trinajstić information content (AvgIpc) is 2.69. The van der Waals surface area contributed by atoms with E-state index >= 15 is 0 Å². The van der Waals surface area contributed by atoms with Gasteiger partial charge < -0.3 is 9.15 Å². The Morgan fingerprint density at radius 2 is 1.36 bits per heavy atom. The smallest absolute Gasteiger partial charge is 0.344 e. The molecule has 0 aliphatic carbocycles. The Bertz CT molecular complexity index is 1080. The number of methoxy groups -OCH3 is 1. The lowest BCUT2D eigenvalue weighted by molar-refractivity contribution is 0.415. The van der Waals surface area contributed by atoms with Gasteiger partial charge in [0.2, 0.25) is 0 Å². The van der Waals surface area contributed by atoms with Crippen molar-refractivity contribution in [3.8, 4) is 28.2 Å². The second-order valence-electron chi connectivity index (χ2n) is 5.73. The number of hydrogen-bond acceptors (Lipinski definition) is 3. The largest absolute Gasteiger partial charge is 0.497 e. The molecule has 0 saturated carbocycles. The lowest BCUT2D eigenvalue weighted by Crippen LogP contribution is -2.02. The molecule has 4 aromatic rings. The van der Waals surface area contributed by atoms with Crippen LogP contribution >= 0.6 is 0 Å². The maximum atomic E-state index is 12.5. The van der Waals surface area contributed by atoms with Crippen molar-refractivity contribution in [3.63, 3.8) is 0 Å². The van der Waals surface area contributed by atoms with Gasteiger partial charge in [-0.05, 0) is 35.9 Å². The molecule has 25 heavy (non-hydrogen) atoms. The number of fused-ring (bicyclic) bond motifs is 1. The number of benzene rings is 3. The van der Waals surface area contributed by atoms with Crippen molar-refractivity contribution in [1.82, 2.24) is 0 Å². The van der Waals surface area contributed by atoms with Gasteiger partial charge in [0, 0.05) is 16.5 Å². The van der Waals surface area contributed by atoms with Crippen LogP contribution in [0, 0.1) is 0 Å². The molecule has 3 heteroatoms. The van der Waals surface area contributed by atoms with E-state index in [1.807, 2.05) is 72.8 Å². The van der Waals surface area contributed by atoms with Gasteiger partial charge in [-0.2, -0.15) is 0 Å². The maximum Gasteiger partial charge on any atom is 0.344 e. The van der Waals surface area contributed by atoms with Crippen molar-refractivity contribution in [1.29, 1.82) is 0 Å². The van der Waals surface area contributed by atoms with Crippen LogP contribution in [0.5, 0.6) is 5.75 Å².